The summed E-state index contributed by atoms with van der Waals surface area (Å²) in [4.78, 5) is 12.0. The van der Waals surface area contributed by atoms with Gasteiger partial charge in [-0.1, -0.05) is 0 Å². The van der Waals surface area contributed by atoms with Gasteiger partial charge in [-0.2, -0.15) is 15.8 Å². The lowest BCUT2D eigenvalue weighted by Gasteiger charge is -2.15. The lowest BCUT2D eigenvalue weighted by atomic mass is 9.88. The Balaban J connectivity index is 2.08. The maximum Gasteiger partial charge on any atom is 0.270 e. The summed E-state index contributed by atoms with van der Waals surface area (Å²) in [5.41, 5.74) is -13.6. The number of hydrogen-bond donors (Lipinski definition) is 0. The molecular formula is C35H3F6N9. The molecule has 2 aliphatic rings. The van der Waals surface area contributed by atoms with Crippen LogP contribution in [0.2, 0.25) is 0 Å². The molecule has 0 atom stereocenters. The highest BCUT2D eigenvalue weighted by atomic mass is 19.2. The van der Waals surface area contributed by atoms with Gasteiger partial charge in [0.15, 0.2) is 23.3 Å². The molecule has 0 aromatic heterocycles. The maximum absolute atomic E-state index is 15.5. The van der Waals surface area contributed by atoms with Gasteiger partial charge in [-0.05, 0) is 40.5 Å². The van der Waals surface area contributed by atoms with Gasteiger partial charge in [0, 0.05) is 33.4 Å². The van der Waals surface area contributed by atoms with Crippen molar-refractivity contribution in [1.82, 2.24) is 0 Å². The van der Waals surface area contributed by atoms with Crippen molar-refractivity contribution in [3.05, 3.63) is 155 Å². The van der Waals surface area contributed by atoms with Crippen molar-refractivity contribution in [3.8, 4) is 30.3 Å². The first-order valence-corrected chi connectivity index (χ1v) is 13.0. The Labute approximate surface area is 276 Å². The van der Waals surface area contributed by atoms with Crippen LogP contribution < -0.4 is 0 Å². The molecule has 3 aromatic carbocycles. The fourth-order valence-electron chi connectivity index (χ4n) is 5.73. The van der Waals surface area contributed by atoms with E-state index in [0.717, 1.165) is 12.1 Å². The van der Waals surface area contributed by atoms with Crippen LogP contribution in [0.4, 0.5) is 32.0 Å². The molecule has 0 N–H and O–H groups in total. The lowest BCUT2D eigenvalue weighted by Crippen LogP contribution is -2.02. The lowest BCUT2D eigenvalue weighted by molar-refractivity contribution is 0.489. The van der Waals surface area contributed by atoms with E-state index in [1.165, 1.54) is 12.1 Å². The van der Waals surface area contributed by atoms with Crippen molar-refractivity contribution < 1.29 is 26.3 Å². The Morgan fingerprint density at radius 2 is 1.06 bits per heavy atom. The number of rotatable bonds is 2. The van der Waals surface area contributed by atoms with Crippen molar-refractivity contribution in [2.24, 2.45) is 0 Å². The van der Waals surface area contributed by atoms with E-state index in [1.807, 2.05) is 0 Å². The summed E-state index contributed by atoms with van der Waals surface area (Å²) in [5, 5.41) is 49.6. The van der Waals surface area contributed by atoms with Gasteiger partial charge in [0.25, 0.3) is 17.1 Å². The van der Waals surface area contributed by atoms with Gasteiger partial charge < -0.3 is 0 Å². The number of fused-ring (bicyclic) bond motifs is 2. The van der Waals surface area contributed by atoms with Crippen LogP contribution in [0.1, 0.15) is 44.5 Å². The quantitative estimate of drug-likeness (QED) is 0.117. The normalized spacial score (nSPS) is 14.3. The van der Waals surface area contributed by atoms with Gasteiger partial charge >= 0.3 is 0 Å². The monoisotopic (exact) mass is 663 g/mol. The Kier molecular flexibility index (Phi) is 7.97. The molecule has 5 rings (SSSR count). The minimum atomic E-state index is -1.98. The molecule has 0 radical (unpaired) electrons. The van der Waals surface area contributed by atoms with Crippen LogP contribution in [0.25, 0.3) is 52.9 Å². The topological polar surface area (TPSA) is 136 Å². The number of hydrogen-bond acceptors (Lipinski definition) is 5. The second-order valence-electron chi connectivity index (χ2n) is 9.82. The van der Waals surface area contributed by atoms with E-state index in [9.17, 15) is 38.6 Å². The zero-order chi connectivity index (χ0) is 36.8. The molecule has 9 nitrogen and oxygen atoms in total. The molecule has 0 amide bonds. The molecule has 15 heteroatoms. The second-order valence-corrected chi connectivity index (χ2v) is 9.82. The van der Waals surface area contributed by atoms with Gasteiger partial charge in [0.05, 0.1) is 55.6 Å². The SMILES string of the molecule is [C-]#[N+]C1=C(c2cc(F)c([N+]#[C-])c(F)c2F)/C(=C(/C#N)[N+]#[C-])c2cc3c(c(C#N)c21)C(C#N)=C(c1cc(F)c(C#N)c(F)c1F)/C3=C(\C#N)[N+]#[C-]. The van der Waals surface area contributed by atoms with Crippen LogP contribution in [0.5, 0.6) is 0 Å². The van der Waals surface area contributed by atoms with Gasteiger partial charge in [-0.25, -0.2) is 56.2 Å². The van der Waals surface area contributed by atoms with Crippen LogP contribution >= 0.6 is 0 Å². The summed E-state index contributed by atoms with van der Waals surface area (Å²) in [6.07, 6.45) is 0. The highest BCUT2D eigenvalue weighted by molar-refractivity contribution is 6.30. The molecule has 2 aliphatic carbocycles. The number of allylic oxidation sites excluding steroid dienone is 7. The standard InChI is InChI=1S/C35H3F6N9/c1-47-22(11-45)27-13-5-14-26(19(10-44)24(13)18(9-43)25(27)15-6-20(36)17(8-42)32(40)30(15)38)35(50-4)29(28(14)23(12-46)48-2)16-7-21(37)34(49-3)33(41)31(16)39/h5-7H/b27-22+,28-23-. The summed E-state index contributed by atoms with van der Waals surface area (Å²) in [7, 11) is 0. The molecule has 0 spiro atoms. The molecule has 0 aliphatic heterocycles. The van der Waals surface area contributed by atoms with E-state index in [4.69, 9.17) is 31.6 Å². The average Bonchev–Trinajstić information content (AvgIpc) is 3.61. The van der Waals surface area contributed by atoms with Crippen LogP contribution in [-0.4, -0.2) is 0 Å². The molecule has 230 valence electrons. The van der Waals surface area contributed by atoms with Crippen molar-refractivity contribution in [3.63, 3.8) is 0 Å². The largest absolute Gasteiger partial charge is 0.270 e. The van der Waals surface area contributed by atoms with Gasteiger partial charge in [-0.3, -0.25) is 0 Å². The molecule has 0 saturated carbocycles. The molecule has 0 fully saturated rings. The first kappa shape index (κ1) is 33.0. The van der Waals surface area contributed by atoms with Gasteiger partial charge in [0.2, 0.25) is 5.70 Å². The van der Waals surface area contributed by atoms with E-state index in [2.05, 4.69) is 19.4 Å². The number of halogens is 6. The van der Waals surface area contributed by atoms with E-state index in [-0.39, 0.29) is 0 Å². The summed E-state index contributed by atoms with van der Waals surface area (Å²) in [5.74, 6) is -10.9. The third kappa shape index (κ3) is 4.27. The van der Waals surface area contributed by atoms with Crippen LogP contribution in [0.15, 0.2) is 29.6 Å². The molecular weight excluding hydrogens is 660 g/mol. The van der Waals surface area contributed by atoms with Gasteiger partial charge in [0.1, 0.15) is 29.3 Å². The van der Waals surface area contributed by atoms with Crippen LogP contribution in [0.3, 0.4) is 0 Å². The zero-order valence-electron chi connectivity index (χ0n) is 24.0. The van der Waals surface area contributed by atoms with Crippen molar-refractivity contribution in [1.29, 1.82) is 26.3 Å². The molecule has 50 heavy (non-hydrogen) atoms. The number of nitriles is 5. The molecule has 0 unspecified atom stereocenters. The first-order valence-electron chi connectivity index (χ1n) is 13.0. The Hall–Kier alpha value is -8.39. The Morgan fingerprint density at radius 1 is 0.540 bits per heavy atom. The zero-order valence-corrected chi connectivity index (χ0v) is 24.0. The third-order valence-electron chi connectivity index (χ3n) is 7.64. The minimum Gasteiger partial charge on any atom is -0.237 e. The predicted octanol–water partition coefficient (Wildman–Crippen LogP) is 8.37. The average molecular weight is 663 g/mol. The maximum atomic E-state index is 15.5. The number of nitrogens with zero attached hydrogens (tertiary/aromatic N) is 9. The molecule has 3 aromatic rings. The third-order valence-corrected chi connectivity index (χ3v) is 7.64. The highest BCUT2D eigenvalue weighted by Gasteiger charge is 2.42. The molecule has 0 saturated heterocycles. The van der Waals surface area contributed by atoms with Gasteiger partial charge in [-0.15, -0.1) is 0 Å². The molecule has 0 heterocycles. The van der Waals surface area contributed by atoms with Crippen molar-refractivity contribution >= 4 is 39.2 Å². The first-order chi connectivity index (χ1) is 24.0. The van der Waals surface area contributed by atoms with Crippen LogP contribution in [-0.2, 0) is 0 Å². The van der Waals surface area contributed by atoms with E-state index in [0.29, 0.717) is 12.1 Å². The fraction of sp³-hybridized carbons (Fsp3) is 0. The summed E-state index contributed by atoms with van der Waals surface area (Å²) in [6, 6.07) is 9.11. The Bertz CT molecular complexity index is 2550. The summed E-state index contributed by atoms with van der Waals surface area (Å²) < 4.78 is 90.6. The highest BCUT2D eigenvalue weighted by Crippen LogP contribution is 2.57. The fourth-order valence-corrected chi connectivity index (χ4v) is 5.73. The van der Waals surface area contributed by atoms with E-state index >= 15 is 8.78 Å². The van der Waals surface area contributed by atoms with E-state index in [1.54, 1.807) is 12.1 Å². The second kappa shape index (κ2) is 12.1. The minimum absolute atomic E-state index is 0.327. The predicted molar refractivity (Wildman–Crippen MR) is 159 cm³/mol. The summed E-state index contributed by atoms with van der Waals surface area (Å²) >= 11 is 0. The van der Waals surface area contributed by atoms with Crippen molar-refractivity contribution in [2.45, 2.75) is 0 Å². The van der Waals surface area contributed by atoms with Crippen molar-refractivity contribution in [2.75, 3.05) is 0 Å². The summed E-state index contributed by atoms with van der Waals surface area (Å²) in [6.45, 7) is 30.1. The van der Waals surface area contributed by atoms with E-state index < -0.39 is 130 Å². The number of benzene rings is 3. The molecule has 0 bridgehead atoms. The Morgan fingerprint density at radius 3 is 1.56 bits per heavy atom. The smallest absolute Gasteiger partial charge is 0.237 e. The van der Waals surface area contributed by atoms with Crippen LogP contribution in [0, 0.1) is 118 Å².